The number of alkyl carbamates (subject to hydrolysis) is 1. The molecule has 0 rings (SSSR count). The van der Waals surface area contributed by atoms with Gasteiger partial charge in [0.1, 0.15) is 5.60 Å². The molecule has 3 N–H and O–H groups in total. The maximum absolute atomic E-state index is 11.0. The SMILES string of the molecule is CC(C)(C)OC(=O)NC(CO)CO.[V]. The second-order valence-corrected chi connectivity index (χ2v) is 3.71. The van der Waals surface area contributed by atoms with Crippen LogP contribution in [0.4, 0.5) is 4.79 Å². The summed E-state index contributed by atoms with van der Waals surface area (Å²) in [7, 11) is 0. The normalized spacial score (nSPS) is 10.7. The van der Waals surface area contributed by atoms with Crippen LogP contribution in [-0.2, 0) is 23.3 Å². The summed E-state index contributed by atoms with van der Waals surface area (Å²) in [6.07, 6.45) is -0.638. The van der Waals surface area contributed by atoms with Crippen LogP contribution in [0.3, 0.4) is 0 Å². The zero-order valence-electron chi connectivity index (χ0n) is 8.65. The first-order chi connectivity index (χ1) is 5.89. The molecule has 0 atom stereocenters. The van der Waals surface area contributed by atoms with Gasteiger partial charge < -0.3 is 20.3 Å². The van der Waals surface area contributed by atoms with Crippen LogP contribution in [0.15, 0.2) is 0 Å². The van der Waals surface area contributed by atoms with E-state index in [0.717, 1.165) is 0 Å². The van der Waals surface area contributed by atoms with E-state index in [4.69, 9.17) is 14.9 Å². The molecule has 5 nitrogen and oxygen atoms in total. The van der Waals surface area contributed by atoms with Crippen molar-refractivity contribution in [1.82, 2.24) is 5.32 Å². The van der Waals surface area contributed by atoms with Crippen molar-refractivity contribution in [2.24, 2.45) is 0 Å². The molecule has 0 aromatic rings. The van der Waals surface area contributed by atoms with Crippen molar-refractivity contribution in [1.29, 1.82) is 0 Å². The van der Waals surface area contributed by atoms with Crippen LogP contribution in [-0.4, -0.2) is 41.2 Å². The van der Waals surface area contributed by atoms with Gasteiger partial charge in [0.25, 0.3) is 0 Å². The number of carbonyl (C=O) groups is 1. The number of hydrogen-bond acceptors (Lipinski definition) is 4. The van der Waals surface area contributed by atoms with Crippen molar-refractivity contribution in [2.75, 3.05) is 13.2 Å². The van der Waals surface area contributed by atoms with Gasteiger partial charge in [-0.25, -0.2) is 4.79 Å². The van der Waals surface area contributed by atoms with Gasteiger partial charge in [0.2, 0.25) is 0 Å². The van der Waals surface area contributed by atoms with Crippen molar-refractivity contribution < 1.29 is 38.3 Å². The molecule has 0 saturated heterocycles. The first kappa shape index (κ1) is 16.2. The molecule has 0 saturated carbocycles. The zero-order valence-corrected chi connectivity index (χ0v) is 10.0. The minimum Gasteiger partial charge on any atom is -0.444 e. The quantitative estimate of drug-likeness (QED) is 0.643. The van der Waals surface area contributed by atoms with E-state index in [1.165, 1.54) is 0 Å². The van der Waals surface area contributed by atoms with Crippen molar-refractivity contribution >= 4 is 6.09 Å². The van der Waals surface area contributed by atoms with Gasteiger partial charge in [-0.3, -0.25) is 0 Å². The van der Waals surface area contributed by atoms with Crippen LogP contribution >= 0.6 is 0 Å². The average Bonchev–Trinajstić information content (AvgIpc) is 1.96. The number of ether oxygens (including phenoxy) is 1. The summed E-state index contributed by atoms with van der Waals surface area (Å²) in [5, 5.41) is 19.6. The van der Waals surface area contributed by atoms with Crippen LogP contribution in [0, 0.1) is 0 Å². The Balaban J connectivity index is 0. The maximum atomic E-state index is 11.0. The maximum Gasteiger partial charge on any atom is 0.408 e. The number of hydrogen-bond donors (Lipinski definition) is 3. The van der Waals surface area contributed by atoms with Crippen LogP contribution in [0.25, 0.3) is 0 Å². The van der Waals surface area contributed by atoms with Gasteiger partial charge in [0.05, 0.1) is 19.3 Å². The molecule has 0 aliphatic carbocycles. The molecule has 1 radical (unpaired) electrons. The van der Waals surface area contributed by atoms with Crippen molar-refractivity contribution in [3.63, 3.8) is 0 Å². The molecule has 1 amide bonds. The second-order valence-electron chi connectivity index (χ2n) is 3.71. The molecule has 0 bridgehead atoms. The number of amides is 1. The van der Waals surface area contributed by atoms with Gasteiger partial charge in [0.15, 0.2) is 0 Å². The summed E-state index contributed by atoms with van der Waals surface area (Å²) in [6, 6.07) is -0.658. The number of aliphatic hydroxyl groups is 2. The van der Waals surface area contributed by atoms with E-state index >= 15 is 0 Å². The van der Waals surface area contributed by atoms with Crippen molar-refractivity contribution in [3.05, 3.63) is 0 Å². The second kappa shape index (κ2) is 7.12. The van der Waals surface area contributed by atoms with Crippen LogP contribution in [0.2, 0.25) is 0 Å². The third-order valence-corrected chi connectivity index (χ3v) is 1.16. The molecule has 0 aromatic heterocycles. The van der Waals surface area contributed by atoms with Crippen LogP contribution in [0.5, 0.6) is 0 Å². The Labute approximate surface area is 95.7 Å². The first-order valence-corrected chi connectivity index (χ1v) is 4.10. The van der Waals surface area contributed by atoms with Gasteiger partial charge >= 0.3 is 6.09 Å². The third-order valence-electron chi connectivity index (χ3n) is 1.16. The minimum absolute atomic E-state index is 0. The van der Waals surface area contributed by atoms with E-state index < -0.39 is 17.7 Å². The third kappa shape index (κ3) is 8.38. The number of nitrogens with one attached hydrogen (secondary N) is 1. The van der Waals surface area contributed by atoms with E-state index in [9.17, 15) is 4.79 Å². The molecule has 0 heterocycles. The molecule has 0 aliphatic rings. The summed E-state index contributed by atoms with van der Waals surface area (Å²) >= 11 is 0. The predicted molar refractivity (Wildman–Crippen MR) is 47.3 cm³/mol. The topological polar surface area (TPSA) is 78.8 Å². The monoisotopic (exact) mass is 242 g/mol. The van der Waals surface area contributed by atoms with Gasteiger partial charge in [-0.15, -0.1) is 0 Å². The van der Waals surface area contributed by atoms with E-state index in [-0.39, 0.29) is 31.8 Å². The number of rotatable bonds is 3. The summed E-state index contributed by atoms with van der Waals surface area (Å²) in [4.78, 5) is 11.0. The molecule has 0 fully saturated rings. The fraction of sp³-hybridized carbons (Fsp3) is 0.875. The average molecular weight is 242 g/mol. The zero-order chi connectivity index (χ0) is 10.5. The molecule has 6 heteroatoms. The molecule has 0 spiro atoms. The van der Waals surface area contributed by atoms with Crippen LogP contribution in [0.1, 0.15) is 20.8 Å². The van der Waals surface area contributed by atoms with E-state index in [2.05, 4.69) is 5.32 Å². The predicted octanol–water partition coefficient (Wildman–Crippen LogP) is -0.138. The molecule has 83 valence electrons. The largest absolute Gasteiger partial charge is 0.444 e. The van der Waals surface area contributed by atoms with E-state index in [1.807, 2.05) is 0 Å². The van der Waals surface area contributed by atoms with Crippen molar-refractivity contribution in [2.45, 2.75) is 32.4 Å². The Morgan fingerprint density at radius 3 is 2.07 bits per heavy atom. The number of aliphatic hydroxyl groups excluding tert-OH is 2. The summed E-state index contributed by atoms with van der Waals surface area (Å²) in [6.45, 7) is 4.59. The Morgan fingerprint density at radius 2 is 1.79 bits per heavy atom. The molecular weight excluding hydrogens is 225 g/mol. The van der Waals surface area contributed by atoms with Crippen molar-refractivity contribution in [3.8, 4) is 0 Å². The van der Waals surface area contributed by atoms with Gasteiger partial charge in [0, 0.05) is 18.6 Å². The molecule has 14 heavy (non-hydrogen) atoms. The van der Waals surface area contributed by atoms with Gasteiger partial charge in [-0.1, -0.05) is 0 Å². The molecular formula is C8H17NO4V. The molecule has 0 aliphatic heterocycles. The van der Waals surface area contributed by atoms with E-state index in [1.54, 1.807) is 20.8 Å². The Hall–Kier alpha value is -0.226. The first-order valence-electron chi connectivity index (χ1n) is 4.10. The molecule has 0 unspecified atom stereocenters. The smallest absolute Gasteiger partial charge is 0.408 e. The Morgan fingerprint density at radius 1 is 1.36 bits per heavy atom. The Bertz CT molecular complexity index is 165. The van der Waals surface area contributed by atoms with Gasteiger partial charge in [-0.05, 0) is 20.8 Å². The number of carbonyl (C=O) groups excluding carboxylic acids is 1. The molecule has 0 aromatic carbocycles. The minimum atomic E-state index is -0.658. The fourth-order valence-electron chi connectivity index (χ4n) is 0.623. The van der Waals surface area contributed by atoms with E-state index in [0.29, 0.717) is 0 Å². The summed E-state index contributed by atoms with van der Waals surface area (Å²) < 4.78 is 4.90. The fourth-order valence-corrected chi connectivity index (χ4v) is 0.623. The van der Waals surface area contributed by atoms with Gasteiger partial charge in [-0.2, -0.15) is 0 Å². The van der Waals surface area contributed by atoms with Crippen LogP contribution < -0.4 is 5.32 Å². The Kier molecular flexibility index (Phi) is 8.24. The summed E-state index contributed by atoms with van der Waals surface area (Å²) in [5.74, 6) is 0. The summed E-state index contributed by atoms with van der Waals surface area (Å²) in [5.41, 5.74) is -0.570. The standard InChI is InChI=1S/C8H17NO4.V/c1-8(2,3)13-7(12)9-6(4-10)5-11;/h6,10-11H,4-5H2,1-3H3,(H,9,12);.